The first-order chi connectivity index (χ1) is 8.72. The lowest BCUT2D eigenvalue weighted by Crippen LogP contribution is -2.27. The van der Waals surface area contributed by atoms with Gasteiger partial charge < -0.3 is 10.1 Å². The Morgan fingerprint density at radius 1 is 1.56 bits per heavy atom. The molecule has 1 N–H and O–H groups in total. The predicted octanol–water partition coefficient (Wildman–Crippen LogP) is 2.61. The zero-order chi connectivity index (χ0) is 13.1. The Labute approximate surface area is 110 Å². The maximum Gasteiger partial charge on any atom is 0.161 e. The summed E-state index contributed by atoms with van der Waals surface area (Å²) in [5.41, 5.74) is 1.22. The first kappa shape index (κ1) is 13.4. The molecule has 18 heavy (non-hydrogen) atoms. The van der Waals surface area contributed by atoms with Crippen LogP contribution < -0.4 is 10.1 Å². The van der Waals surface area contributed by atoms with Crippen LogP contribution in [-0.2, 0) is 6.54 Å². The summed E-state index contributed by atoms with van der Waals surface area (Å²) in [6, 6.07) is 0.386. The van der Waals surface area contributed by atoms with Crippen LogP contribution in [0.15, 0.2) is 6.20 Å². The lowest BCUT2D eigenvalue weighted by atomic mass is 10.1. The second kappa shape index (κ2) is 5.74. The van der Waals surface area contributed by atoms with E-state index in [1.807, 2.05) is 6.20 Å². The SMILES string of the molecule is CCCNC(c1c(OC)cnn1CC)C1CC1C. The smallest absolute Gasteiger partial charge is 0.161 e. The molecule has 1 saturated carbocycles. The van der Waals surface area contributed by atoms with Crippen molar-refractivity contribution in [2.75, 3.05) is 13.7 Å². The van der Waals surface area contributed by atoms with Crippen LogP contribution in [0.4, 0.5) is 0 Å². The molecule has 1 aromatic heterocycles. The van der Waals surface area contributed by atoms with Crippen LogP contribution in [0.25, 0.3) is 0 Å². The summed E-state index contributed by atoms with van der Waals surface area (Å²) in [5, 5.41) is 8.09. The standard InChI is InChI=1S/C14H25N3O/c1-5-7-15-13(11-8-10(11)3)14-12(18-4)9-16-17(14)6-2/h9-11,13,15H,5-8H2,1-4H3. The largest absolute Gasteiger partial charge is 0.493 e. The molecule has 0 aliphatic heterocycles. The lowest BCUT2D eigenvalue weighted by Gasteiger charge is -2.21. The summed E-state index contributed by atoms with van der Waals surface area (Å²) in [5.74, 6) is 2.46. The fourth-order valence-electron chi connectivity index (χ4n) is 2.67. The van der Waals surface area contributed by atoms with Gasteiger partial charge >= 0.3 is 0 Å². The van der Waals surface area contributed by atoms with Crippen LogP contribution >= 0.6 is 0 Å². The number of nitrogens with one attached hydrogen (secondary N) is 1. The molecular formula is C14H25N3O. The van der Waals surface area contributed by atoms with Crippen LogP contribution in [-0.4, -0.2) is 23.4 Å². The van der Waals surface area contributed by atoms with E-state index in [1.54, 1.807) is 7.11 Å². The van der Waals surface area contributed by atoms with Crippen LogP contribution in [0.2, 0.25) is 0 Å². The maximum absolute atomic E-state index is 5.48. The third kappa shape index (κ3) is 2.53. The van der Waals surface area contributed by atoms with Crippen molar-refractivity contribution < 1.29 is 4.74 Å². The molecule has 1 aromatic rings. The Morgan fingerprint density at radius 2 is 2.28 bits per heavy atom. The number of rotatable bonds is 7. The van der Waals surface area contributed by atoms with Gasteiger partial charge in [-0.3, -0.25) is 4.68 Å². The highest BCUT2D eigenvalue weighted by molar-refractivity contribution is 5.30. The van der Waals surface area contributed by atoms with E-state index in [2.05, 4.69) is 35.9 Å². The Morgan fingerprint density at radius 3 is 2.78 bits per heavy atom. The minimum absolute atomic E-state index is 0.386. The number of hydrogen-bond acceptors (Lipinski definition) is 3. The van der Waals surface area contributed by atoms with Gasteiger partial charge in [0.1, 0.15) is 0 Å². The monoisotopic (exact) mass is 251 g/mol. The zero-order valence-corrected chi connectivity index (χ0v) is 11.9. The molecule has 4 heteroatoms. The molecular weight excluding hydrogens is 226 g/mol. The Kier molecular flexibility index (Phi) is 4.27. The normalized spacial score (nSPS) is 24.0. The average molecular weight is 251 g/mol. The molecule has 0 radical (unpaired) electrons. The predicted molar refractivity (Wildman–Crippen MR) is 72.8 cm³/mol. The number of aryl methyl sites for hydroxylation is 1. The molecule has 0 spiro atoms. The van der Waals surface area contributed by atoms with Gasteiger partial charge in [-0.15, -0.1) is 0 Å². The van der Waals surface area contributed by atoms with E-state index in [1.165, 1.54) is 12.1 Å². The van der Waals surface area contributed by atoms with Gasteiger partial charge in [0, 0.05) is 6.54 Å². The quantitative estimate of drug-likeness (QED) is 0.809. The minimum atomic E-state index is 0.386. The fraction of sp³-hybridized carbons (Fsp3) is 0.786. The third-order valence-electron chi connectivity index (χ3n) is 3.87. The van der Waals surface area contributed by atoms with Gasteiger partial charge in [0.05, 0.1) is 25.0 Å². The molecule has 1 aliphatic rings. The van der Waals surface area contributed by atoms with Crippen molar-refractivity contribution in [3.8, 4) is 5.75 Å². The van der Waals surface area contributed by atoms with Crippen LogP contribution in [0, 0.1) is 11.8 Å². The molecule has 0 aromatic carbocycles. The highest BCUT2D eigenvalue weighted by Gasteiger charge is 2.42. The summed E-state index contributed by atoms with van der Waals surface area (Å²) in [4.78, 5) is 0. The second-order valence-corrected chi connectivity index (χ2v) is 5.22. The van der Waals surface area contributed by atoms with E-state index in [0.29, 0.717) is 6.04 Å². The number of hydrogen-bond donors (Lipinski definition) is 1. The van der Waals surface area contributed by atoms with E-state index >= 15 is 0 Å². The van der Waals surface area contributed by atoms with Gasteiger partial charge in [0.25, 0.3) is 0 Å². The third-order valence-corrected chi connectivity index (χ3v) is 3.87. The van der Waals surface area contributed by atoms with Crippen molar-refractivity contribution in [2.24, 2.45) is 11.8 Å². The summed E-state index contributed by atoms with van der Waals surface area (Å²) >= 11 is 0. The van der Waals surface area contributed by atoms with Gasteiger partial charge in [-0.05, 0) is 38.1 Å². The topological polar surface area (TPSA) is 39.1 Å². The number of nitrogens with zero attached hydrogens (tertiary/aromatic N) is 2. The van der Waals surface area contributed by atoms with Crippen molar-refractivity contribution in [1.82, 2.24) is 15.1 Å². The number of ether oxygens (including phenoxy) is 1. The van der Waals surface area contributed by atoms with Gasteiger partial charge in [-0.1, -0.05) is 13.8 Å². The fourth-order valence-corrected chi connectivity index (χ4v) is 2.67. The molecule has 2 rings (SSSR count). The molecule has 0 bridgehead atoms. The average Bonchev–Trinajstić information content (AvgIpc) is 2.95. The van der Waals surface area contributed by atoms with Crippen molar-refractivity contribution in [3.63, 3.8) is 0 Å². The van der Waals surface area contributed by atoms with Gasteiger partial charge in [-0.2, -0.15) is 5.10 Å². The number of methoxy groups -OCH3 is 1. The summed E-state index contributed by atoms with van der Waals surface area (Å²) in [6.07, 6.45) is 4.30. The Balaban J connectivity index is 2.25. The van der Waals surface area contributed by atoms with Crippen LogP contribution in [0.1, 0.15) is 45.3 Å². The van der Waals surface area contributed by atoms with Crippen LogP contribution in [0.5, 0.6) is 5.75 Å². The molecule has 0 saturated heterocycles. The lowest BCUT2D eigenvalue weighted by molar-refractivity contribution is 0.374. The van der Waals surface area contributed by atoms with Gasteiger partial charge in [0.15, 0.2) is 5.75 Å². The highest BCUT2D eigenvalue weighted by Crippen LogP contribution is 2.48. The maximum atomic E-state index is 5.48. The van der Waals surface area contributed by atoms with Gasteiger partial charge in [0.2, 0.25) is 0 Å². The first-order valence-corrected chi connectivity index (χ1v) is 7.05. The first-order valence-electron chi connectivity index (χ1n) is 7.05. The summed E-state index contributed by atoms with van der Waals surface area (Å²) in [6.45, 7) is 8.60. The molecule has 3 unspecified atom stereocenters. The van der Waals surface area contributed by atoms with E-state index < -0.39 is 0 Å². The molecule has 102 valence electrons. The van der Waals surface area contributed by atoms with E-state index in [4.69, 9.17) is 4.74 Å². The van der Waals surface area contributed by atoms with Gasteiger partial charge in [-0.25, -0.2) is 0 Å². The highest BCUT2D eigenvalue weighted by atomic mass is 16.5. The molecule has 1 fully saturated rings. The minimum Gasteiger partial charge on any atom is -0.493 e. The van der Waals surface area contributed by atoms with Crippen molar-refractivity contribution in [3.05, 3.63) is 11.9 Å². The van der Waals surface area contributed by atoms with E-state index in [-0.39, 0.29) is 0 Å². The number of aromatic nitrogens is 2. The molecule has 3 atom stereocenters. The molecule has 1 aliphatic carbocycles. The van der Waals surface area contributed by atoms with Crippen molar-refractivity contribution >= 4 is 0 Å². The second-order valence-electron chi connectivity index (χ2n) is 5.22. The molecule has 4 nitrogen and oxygen atoms in total. The van der Waals surface area contributed by atoms with Crippen LogP contribution in [0.3, 0.4) is 0 Å². The van der Waals surface area contributed by atoms with Crippen molar-refractivity contribution in [2.45, 2.75) is 46.2 Å². The molecule has 0 amide bonds. The molecule has 1 heterocycles. The summed E-state index contributed by atoms with van der Waals surface area (Å²) < 4.78 is 7.55. The van der Waals surface area contributed by atoms with Crippen molar-refractivity contribution in [1.29, 1.82) is 0 Å². The Bertz CT molecular complexity index is 367. The zero-order valence-electron chi connectivity index (χ0n) is 11.9. The van der Waals surface area contributed by atoms with E-state index in [0.717, 1.165) is 37.1 Å². The summed E-state index contributed by atoms with van der Waals surface area (Å²) in [7, 11) is 1.73. The Hall–Kier alpha value is -1.03. The van der Waals surface area contributed by atoms with E-state index in [9.17, 15) is 0 Å².